The third kappa shape index (κ3) is 3.37. The van der Waals surface area contributed by atoms with Gasteiger partial charge in [-0.15, -0.1) is 0 Å². The van der Waals surface area contributed by atoms with Crippen molar-refractivity contribution >= 4 is 11.8 Å². The lowest BCUT2D eigenvalue weighted by Crippen LogP contribution is -2.47. The van der Waals surface area contributed by atoms with Gasteiger partial charge in [0.15, 0.2) is 0 Å². The molecule has 3 aliphatic heterocycles. The van der Waals surface area contributed by atoms with Crippen molar-refractivity contribution in [2.75, 3.05) is 46.3 Å². The molecule has 7 heteroatoms. The van der Waals surface area contributed by atoms with Crippen LogP contribution >= 0.6 is 0 Å². The Balaban J connectivity index is 1.43. The number of piperazine rings is 1. The second-order valence-electron chi connectivity index (χ2n) is 7.91. The third-order valence-electron chi connectivity index (χ3n) is 6.10. The van der Waals surface area contributed by atoms with E-state index in [4.69, 9.17) is 0 Å². The Morgan fingerprint density at radius 1 is 1.00 bits per heavy atom. The van der Waals surface area contributed by atoms with Gasteiger partial charge in [0.1, 0.15) is 5.69 Å². The molecule has 0 aliphatic carbocycles. The van der Waals surface area contributed by atoms with Gasteiger partial charge in [-0.2, -0.15) is 0 Å². The van der Waals surface area contributed by atoms with Gasteiger partial charge in [-0.25, -0.2) is 4.98 Å². The molecule has 1 atom stereocenters. The van der Waals surface area contributed by atoms with Crippen molar-refractivity contribution in [2.24, 2.45) is 5.92 Å². The predicted octanol–water partition coefficient (Wildman–Crippen LogP) is 0.846. The molecule has 2 saturated heterocycles. The lowest BCUT2D eigenvalue weighted by molar-refractivity contribution is -0.137. The van der Waals surface area contributed by atoms with Crippen molar-refractivity contribution < 1.29 is 9.59 Å². The number of carbonyl (C=O) groups is 2. The van der Waals surface area contributed by atoms with E-state index in [0.29, 0.717) is 12.2 Å². The normalized spacial score (nSPS) is 24.4. The Morgan fingerprint density at radius 2 is 1.73 bits per heavy atom. The molecule has 4 heterocycles. The Morgan fingerprint density at radius 3 is 2.46 bits per heavy atom. The zero-order valence-electron chi connectivity index (χ0n) is 15.7. The molecule has 2 amide bonds. The molecule has 0 aromatic carbocycles. The number of amides is 2. The molecule has 1 aromatic rings. The van der Waals surface area contributed by atoms with Crippen LogP contribution in [-0.2, 0) is 17.8 Å². The zero-order valence-corrected chi connectivity index (χ0v) is 15.7. The van der Waals surface area contributed by atoms with Crippen LogP contribution in [0.3, 0.4) is 0 Å². The molecular weight excluding hydrogens is 330 g/mol. The SMILES string of the molecule is CN1CCN(C(=O)c2ncn3c2CCC(C(=O)N2CCCCC2)C3)CC1. The van der Waals surface area contributed by atoms with Crippen molar-refractivity contribution in [3.8, 4) is 0 Å². The average Bonchev–Trinajstić information content (AvgIpc) is 3.11. The second kappa shape index (κ2) is 7.39. The summed E-state index contributed by atoms with van der Waals surface area (Å²) in [5, 5.41) is 0. The third-order valence-corrected chi connectivity index (χ3v) is 6.10. The quantitative estimate of drug-likeness (QED) is 0.785. The van der Waals surface area contributed by atoms with Crippen LogP contribution < -0.4 is 0 Å². The maximum atomic E-state index is 12.9. The number of carbonyl (C=O) groups excluding carboxylic acids is 2. The van der Waals surface area contributed by atoms with Gasteiger partial charge in [0.25, 0.3) is 5.91 Å². The lowest BCUT2D eigenvalue weighted by Gasteiger charge is -2.33. The molecule has 1 unspecified atom stereocenters. The van der Waals surface area contributed by atoms with Gasteiger partial charge in [0, 0.05) is 45.8 Å². The summed E-state index contributed by atoms with van der Waals surface area (Å²) >= 11 is 0. The number of imidazole rings is 1. The van der Waals surface area contributed by atoms with E-state index < -0.39 is 0 Å². The van der Waals surface area contributed by atoms with Crippen molar-refractivity contribution in [3.05, 3.63) is 17.7 Å². The van der Waals surface area contributed by atoms with E-state index in [1.807, 2.05) is 14.4 Å². The summed E-state index contributed by atoms with van der Waals surface area (Å²) in [4.78, 5) is 36.3. The van der Waals surface area contributed by atoms with Crippen LogP contribution in [0.15, 0.2) is 6.33 Å². The fourth-order valence-corrected chi connectivity index (χ4v) is 4.38. The molecule has 142 valence electrons. The highest BCUT2D eigenvalue weighted by Crippen LogP contribution is 2.26. The smallest absolute Gasteiger partial charge is 0.274 e. The van der Waals surface area contributed by atoms with Crippen LogP contribution in [0.1, 0.15) is 41.9 Å². The van der Waals surface area contributed by atoms with Gasteiger partial charge in [-0.3, -0.25) is 9.59 Å². The summed E-state index contributed by atoms with van der Waals surface area (Å²) in [7, 11) is 2.08. The molecule has 1 aromatic heterocycles. The van der Waals surface area contributed by atoms with Crippen LogP contribution in [0.4, 0.5) is 0 Å². The number of nitrogens with zero attached hydrogens (tertiary/aromatic N) is 5. The van der Waals surface area contributed by atoms with E-state index in [1.165, 1.54) is 6.42 Å². The Hall–Kier alpha value is -1.89. The fraction of sp³-hybridized carbons (Fsp3) is 0.737. The molecule has 3 aliphatic rings. The van der Waals surface area contributed by atoms with Gasteiger partial charge in [0.05, 0.1) is 17.9 Å². The molecule has 4 rings (SSSR count). The number of fused-ring (bicyclic) bond motifs is 1. The van der Waals surface area contributed by atoms with E-state index in [9.17, 15) is 9.59 Å². The van der Waals surface area contributed by atoms with Crippen molar-refractivity contribution in [2.45, 2.75) is 38.6 Å². The second-order valence-corrected chi connectivity index (χ2v) is 7.91. The highest BCUT2D eigenvalue weighted by molar-refractivity contribution is 5.93. The molecule has 0 bridgehead atoms. The summed E-state index contributed by atoms with van der Waals surface area (Å²) in [6, 6.07) is 0. The van der Waals surface area contributed by atoms with Crippen LogP contribution in [0.2, 0.25) is 0 Å². The molecule has 0 radical (unpaired) electrons. The molecular formula is C19H29N5O2. The first-order valence-corrected chi connectivity index (χ1v) is 9.94. The van der Waals surface area contributed by atoms with Gasteiger partial charge < -0.3 is 19.3 Å². The Kier molecular flexibility index (Phi) is 4.98. The van der Waals surface area contributed by atoms with Crippen molar-refractivity contribution in [1.29, 1.82) is 0 Å². The van der Waals surface area contributed by atoms with Gasteiger partial charge in [-0.1, -0.05) is 0 Å². The summed E-state index contributed by atoms with van der Waals surface area (Å²) in [5.74, 6) is 0.366. The monoisotopic (exact) mass is 359 g/mol. The number of likely N-dealkylation sites (N-methyl/N-ethyl adjacent to an activating group) is 1. The van der Waals surface area contributed by atoms with E-state index in [-0.39, 0.29) is 17.7 Å². The standard InChI is InChI=1S/C19H29N5O2/c1-21-9-11-23(12-10-21)19(26)17-16-6-5-15(13-24(16)14-20-17)18(25)22-7-3-2-4-8-22/h14-15H,2-13H2,1H3. The van der Waals surface area contributed by atoms with E-state index in [2.05, 4.69) is 16.9 Å². The van der Waals surface area contributed by atoms with Crippen LogP contribution in [0.25, 0.3) is 0 Å². The number of hydrogen-bond acceptors (Lipinski definition) is 4. The fourth-order valence-electron chi connectivity index (χ4n) is 4.38. The molecule has 2 fully saturated rings. The average molecular weight is 359 g/mol. The van der Waals surface area contributed by atoms with Gasteiger partial charge in [0.2, 0.25) is 5.91 Å². The number of piperidine rings is 1. The summed E-state index contributed by atoms with van der Waals surface area (Å²) < 4.78 is 2.04. The first-order chi connectivity index (χ1) is 12.6. The summed E-state index contributed by atoms with van der Waals surface area (Å²) in [6.07, 6.45) is 6.83. The van der Waals surface area contributed by atoms with Crippen molar-refractivity contribution in [3.63, 3.8) is 0 Å². The Labute approximate surface area is 154 Å². The molecule has 0 N–H and O–H groups in total. The molecule has 7 nitrogen and oxygen atoms in total. The topological polar surface area (TPSA) is 61.7 Å². The first kappa shape index (κ1) is 17.5. The van der Waals surface area contributed by atoms with Gasteiger partial charge in [-0.05, 0) is 39.2 Å². The molecule has 0 saturated carbocycles. The largest absolute Gasteiger partial charge is 0.342 e. The predicted molar refractivity (Wildman–Crippen MR) is 97.9 cm³/mol. The minimum atomic E-state index is 0.0291. The highest BCUT2D eigenvalue weighted by atomic mass is 16.2. The number of likely N-dealkylation sites (tertiary alicyclic amines) is 1. The molecule has 26 heavy (non-hydrogen) atoms. The van der Waals surface area contributed by atoms with Crippen LogP contribution in [0.5, 0.6) is 0 Å². The maximum absolute atomic E-state index is 12.9. The zero-order chi connectivity index (χ0) is 18.1. The first-order valence-electron chi connectivity index (χ1n) is 9.94. The van der Waals surface area contributed by atoms with E-state index >= 15 is 0 Å². The lowest BCUT2D eigenvalue weighted by atomic mass is 9.94. The van der Waals surface area contributed by atoms with E-state index in [0.717, 1.165) is 70.6 Å². The summed E-state index contributed by atoms with van der Waals surface area (Å²) in [5.41, 5.74) is 1.61. The Bertz CT molecular complexity index is 671. The minimum Gasteiger partial charge on any atom is -0.342 e. The molecule has 0 spiro atoms. The summed E-state index contributed by atoms with van der Waals surface area (Å²) in [6.45, 7) is 5.81. The number of aromatic nitrogens is 2. The number of hydrogen-bond donors (Lipinski definition) is 0. The number of rotatable bonds is 2. The van der Waals surface area contributed by atoms with Crippen LogP contribution in [0, 0.1) is 5.92 Å². The maximum Gasteiger partial charge on any atom is 0.274 e. The van der Waals surface area contributed by atoms with Gasteiger partial charge >= 0.3 is 0 Å². The van der Waals surface area contributed by atoms with Crippen molar-refractivity contribution in [1.82, 2.24) is 24.3 Å². The van der Waals surface area contributed by atoms with Crippen LogP contribution in [-0.4, -0.2) is 82.4 Å². The minimum absolute atomic E-state index is 0.0291. The highest BCUT2D eigenvalue weighted by Gasteiger charge is 2.33. The van der Waals surface area contributed by atoms with E-state index in [1.54, 1.807) is 6.33 Å².